The number of amides is 5. The second-order valence-corrected chi connectivity index (χ2v) is 7.67. The van der Waals surface area contributed by atoms with Crippen molar-refractivity contribution >= 4 is 46.3 Å². The number of rotatable bonds is 8. The zero-order chi connectivity index (χ0) is 24.1. The van der Waals surface area contributed by atoms with E-state index in [2.05, 4.69) is 26.3 Å². The molecule has 1 unspecified atom stereocenters. The molecule has 0 radical (unpaired) electrons. The number of primary amides is 1. The van der Waals surface area contributed by atoms with Crippen molar-refractivity contribution in [2.45, 2.75) is 32.9 Å². The number of aromatic nitrogens is 1. The number of hydrogen-bond acceptors (Lipinski definition) is 5. The van der Waals surface area contributed by atoms with Crippen LogP contribution < -0.4 is 32.7 Å². The summed E-state index contributed by atoms with van der Waals surface area (Å²) in [6, 6.07) is 5.46. The third-order valence-corrected chi connectivity index (χ3v) is 5.17. The summed E-state index contributed by atoms with van der Waals surface area (Å²) in [7, 11) is 0. The molecule has 1 aromatic heterocycles. The van der Waals surface area contributed by atoms with Gasteiger partial charge in [-0.25, -0.2) is 4.79 Å². The number of hydrogen-bond donors (Lipinski definition) is 7. The molecule has 0 fully saturated rings. The smallest absolute Gasteiger partial charge is 0.316 e. The first-order valence-electron chi connectivity index (χ1n) is 10.3. The van der Waals surface area contributed by atoms with Crippen molar-refractivity contribution in [2.75, 3.05) is 17.2 Å². The molecular formula is C22H27N7O4. The lowest BCUT2D eigenvalue weighted by atomic mass is 9.99. The molecule has 0 spiro atoms. The largest absolute Gasteiger partial charge is 0.361 e. The highest BCUT2D eigenvalue weighted by Gasteiger charge is 2.27. The maximum absolute atomic E-state index is 12.6. The predicted octanol–water partition coefficient (Wildman–Crippen LogP) is 0.858. The Bertz CT molecular complexity index is 1140. The molecule has 9 N–H and O–H groups in total. The summed E-state index contributed by atoms with van der Waals surface area (Å²) in [5.74, 6) is -0.894. The van der Waals surface area contributed by atoms with E-state index in [-0.39, 0.29) is 30.8 Å². The van der Waals surface area contributed by atoms with Crippen molar-refractivity contribution in [1.29, 1.82) is 0 Å². The normalized spacial score (nSPS) is 14.7. The van der Waals surface area contributed by atoms with Crippen molar-refractivity contribution in [3.63, 3.8) is 0 Å². The van der Waals surface area contributed by atoms with Crippen LogP contribution in [0.2, 0.25) is 0 Å². The van der Waals surface area contributed by atoms with E-state index in [1.54, 1.807) is 31.3 Å². The Hall–Kier alpha value is -4.12. The molecule has 1 aliphatic rings. The van der Waals surface area contributed by atoms with Gasteiger partial charge in [-0.05, 0) is 55.3 Å². The average Bonchev–Trinajstić information content (AvgIpc) is 3.34. The fourth-order valence-electron chi connectivity index (χ4n) is 3.65. The molecule has 1 atom stereocenters. The Kier molecular flexibility index (Phi) is 7.13. The van der Waals surface area contributed by atoms with Gasteiger partial charge in [-0.1, -0.05) is 0 Å². The highest BCUT2D eigenvalue weighted by molar-refractivity contribution is 6.36. The van der Waals surface area contributed by atoms with Crippen LogP contribution in [0.4, 0.5) is 16.2 Å². The summed E-state index contributed by atoms with van der Waals surface area (Å²) >= 11 is 0. The fraction of sp³-hybridized carbons (Fsp3) is 0.273. The zero-order valence-electron chi connectivity index (χ0n) is 18.4. The molecule has 11 heteroatoms. The van der Waals surface area contributed by atoms with Crippen molar-refractivity contribution in [1.82, 2.24) is 15.6 Å². The maximum atomic E-state index is 12.6. The van der Waals surface area contributed by atoms with Gasteiger partial charge in [0.2, 0.25) is 11.8 Å². The molecular weight excluding hydrogens is 426 g/mol. The number of carbonyl (C=O) groups excluding carboxylic acids is 4. The highest BCUT2D eigenvalue weighted by atomic mass is 16.2. The van der Waals surface area contributed by atoms with E-state index >= 15 is 0 Å². The Morgan fingerprint density at radius 2 is 1.91 bits per heavy atom. The predicted molar refractivity (Wildman–Crippen MR) is 125 cm³/mol. The van der Waals surface area contributed by atoms with Crippen LogP contribution in [0, 0.1) is 0 Å². The van der Waals surface area contributed by atoms with Crippen molar-refractivity contribution in [3.05, 3.63) is 47.3 Å². The van der Waals surface area contributed by atoms with Crippen LogP contribution in [0.3, 0.4) is 0 Å². The summed E-state index contributed by atoms with van der Waals surface area (Å²) in [5, 5.41) is 10.7. The maximum Gasteiger partial charge on any atom is 0.316 e. The minimum absolute atomic E-state index is 0.230. The first-order chi connectivity index (χ1) is 15.7. The van der Waals surface area contributed by atoms with E-state index in [1.807, 2.05) is 6.07 Å². The number of benzene rings is 1. The monoisotopic (exact) mass is 453 g/mol. The van der Waals surface area contributed by atoms with Crippen molar-refractivity contribution in [3.8, 4) is 0 Å². The summed E-state index contributed by atoms with van der Waals surface area (Å²) < 4.78 is 0. The summed E-state index contributed by atoms with van der Waals surface area (Å²) in [5.41, 5.74) is 15.1. The Labute approximate surface area is 190 Å². The van der Waals surface area contributed by atoms with E-state index in [1.165, 1.54) is 6.92 Å². The molecule has 33 heavy (non-hydrogen) atoms. The van der Waals surface area contributed by atoms with E-state index in [4.69, 9.17) is 11.5 Å². The fourth-order valence-corrected chi connectivity index (χ4v) is 3.65. The van der Waals surface area contributed by atoms with E-state index in [0.29, 0.717) is 40.2 Å². The molecule has 1 aromatic carbocycles. The molecule has 0 saturated heterocycles. The summed E-state index contributed by atoms with van der Waals surface area (Å²) in [4.78, 5) is 50.6. The van der Waals surface area contributed by atoms with E-state index < -0.39 is 12.1 Å². The molecule has 3 rings (SSSR count). The summed E-state index contributed by atoms with van der Waals surface area (Å²) in [6.45, 7) is 3.64. The molecule has 11 nitrogen and oxygen atoms in total. The Morgan fingerprint density at radius 1 is 1.15 bits per heavy atom. The first-order valence-corrected chi connectivity index (χ1v) is 10.3. The summed E-state index contributed by atoms with van der Waals surface area (Å²) in [6.07, 6.45) is 2.06. The van der Waals surface area contributed by atoms with Gasteiger partial charge in [0, 0.05) is 42.3 Å². The quantitative estimate of drug-likeness (QED) is 0.292. The van der Waals surface area contributed by atoms with Crippen molar-refractivity contribution in [2.24, 2.45) is 11.5 Å². The molecule has 0 bridgehead atoms. The van der Waals surface area contributed by atoms with E-state index in [0.717, 1.165) is 5.56 Å². The van der Waals surface area contributed by atoms with Crippen LogP contribution >= 0.6 is 0 Å². The number of carbonyl (C=O) groups is 4. The van der Waals surface area contributed by atoms with Gasteiger partial charge in [0.25, 0.3) is 5.91 Å². The van der Waals surface area contributed by atoms with E-state index in [9.17, 15) is 19.2 Å². The molecule has 1 aliphatic heterocycles. The number of aromatic amines is 1. The lowest BCUT2D eigenvalue weighted by Crippen LogP contribution is -2.46. The van der Waals surface area contributed by atoms with Crippen LogP contribution in [0.5, 0.6) is 0 Å². The number of fused-ring (bicyclic) bond motifs is 1. The molecule has 2 heterocycles. The van der Waals surface area contributed by atoms with Crippen LogP contribution in [0.1, 0.15) is 37.1 Å². The number of allylic oxidation sites excluding steroid dienone is 1. The van der Waals surface area contributed by atoms with Gasteiger partial charge in [0.15, 0.2) is 0 Å². The minimum Gasteiger partial charge on any atom is -0.361 e. The zero-order valence-corrected chi connectivity index (χ0v) is 18.4. The van der Waals surface area contributed by atoms with Crippen LogP contribution in [-0.2, 0) is 20.9 Å². The Morgan fingerprint density at radius 3 is 2.58 bits per heavy atom. The highest BCUT2D eigenvalue weighted by Crippen LogP contribution is 2.38. The topological polar surface area (TPSA) is 184 Å². The standard InChI is InChI=1S/C22H27N7O4/c1-11(19-15-8-14(28-22(24)33)3-4-16(15)29-21(19)32)18-7-13(9-25-18)10-26-20(31)17(5-6-23)27-12(2)30/h3-4,7-9,17,25H,5-6,10,23H2,1-2H3,(H,26,31)(H,27,30)(H,29,32)(H3,24,28,33)/b19-11+. The SMILES string of the molecule is CC(=O)NC(CCN)C(=O)NCc1c[nH]c(/C(C)=C2/C(=O)Nc3ccc(NC(N)=O)cc32)c1. The number of anilines is 2. The van der Waals surface area contributed by atoms with Crippen LogP contribution in [-0.4, -0.2) is 41.3 Å². The lowest BCUT2D eigenvalue weighted by molar-refractivity contribution is -0.128. The number of nitrogens with one attached hydrogen (secondary N) is 5. The lowest BCUT2D eigenvalue weighted by Gasteiger charge is -2.16. The van der Waals surface area contributed by atoms with Gasteiger partial charge >= 0.3 is 6.03 Å². The Balaban J connectivity index is 1.78. The minimum atomic E-state index is -0.698. The second-order valence-electron chi connectivity index (χ2n) is 7.67. The first kappa shape index (κ1) is 23.5. The van der Waals surface area contributed by atoms with Crippen LogP contribution in [0.25, 0.3) is 11.1 Å². The number of urea groups is 1. The molecule has 0 aliphatic carbocycles. The van der Waals surface area contributed by atoms with Gasteiger partial charge < -0.3 is 37.7 Å². The van der Waals surface area contributed by atoms with Gasteiger partial charge in [-0.2, -0.15) is 0 Å². The third kappa shape index (κ3) is 5.57. The molecule has 174 valence electrons. The third-order valence-electron chi connectivity index (χ3n) is 5.17. The van der Waals surface area contributed by atoms with Crippen LogP contribution in [0.15, 0.2) is 30.5 Å². The molecule has 2 aromatic rings. The van der Waals surface area contributed by atoms with Crippen molar-refractivity contribution < 1.29 is 19.2 Å². The number of H-pyrrole nitrogens is 1. The van der Waals surface area contributed by atoms with Gasteiger partial charge in [0.05, 0.1) is 5.57 Å². The molecule has 0 saturated carbocycles. The average molecular weight is 454 g/mol. The second kappa shape index (κ2) is 10.0. The molecule has 5 amide bonds. The van der Waals surface area contributed by atoms with Gasteiger partial charge in [0.1, 0.15) is 6.04 Å². The number of nitrogens with two attached hydrogens (primary N) is 2. The van der Waals surface area contributed by atoms with Gasteiger partial charge in [-0.15, -0.1) is 0 Å². The van der Waals surface area contributed by atoms with Gasteiger partial charge in [-0.3, -0.25) is 14.4 Å².